The molecular formula is C30H61NO. The van der Waals surface area contributed by atoms with Crippen molar-refractivity contribution in [2.24, 2.45) is 11.8 Å². The number of unbranched alkanes of at least 4 members (excludes halogenated alkanes) is 6. The van der Waals surface area contributed by atoms with E-state index in [0.29, 0.717) is 6.10 Å². The Morgan fingerprint density at radius 1 is 0.625 bits per heavy atom. The van der Waals surface area contributed by atoms with Gasteiger partial charge in [-0.2, -0.15) is 0 Å². The monoisotopic (exact) mass is 451 g/mol. The smallest absolute Gasteiger partial charge is 0.0599 e. The van der Waals surface area contributed by atoms with E-state index in [9.17, 15) is 0 Å². The first-order chi connectivity index (χ1) is 15.7. The van der Waals surface area contributed by atoms with Gasteiger partial charge in [-0.15, -0.1) is 0 Å². The van der Waals surface area contributed by atoms with Crippen LogP contribution in [-0.2, 0) is 4.74 Å². The fraction of sp³-hybridized carbons (Fsp3) is 1.00. The molecule has 1 fully saturated rings. The van der Waals surface area contributed by atoms with Crippen LogP contribution in [0.15, 0.2) is 0 Å². The Balaban J connectivity index is 2.07. The van der Waals surface area contributed by atoms with Gasteiger partial charge in [0.1, 0.15) is 0 Å². The van der Waals surface area contributed by atoms with E-state index in [1.54, 1.807) is 0 Å². The molecule has 2 heteroatoms. The average molecular weight is 452 g/mol. The van der Waals surface area contributed by atoms with E-state index in [1.807, 2.05) is 0 Å². The molecule has 0 spiro atoms. The topological polar surface area (TPSA) is 12.5 Å². The Hall–Kier alpha value is -0.0800. The van der Waals surface area contributed by atoms with Crippen molar-refractivity contribution in [1.82, 2.24) is 4.90 Å². The summed E-state index contributed by atoms with van der Waals surface area (Å²) >= 11 is 0. The Labute approximate surface area is 203 Å². The Morgan fingerprint density at radius 2 is 1.19 bits per heavy atom. The highest BCUT2D eigenvalue weighted by molar-refractivity contribution is 4.73. The molecule has 0 aromatic carbocycles. The van der Waals surface area contributed by atoms with Crippen molar-refractivity contribution in [3.05, 3.63) is 0 Å². The second-order valence-corrected chi connectivity index (χ2v) is 10.8. The molecule has 0 radical (unpaired) electrons. The van der Waals surface area contributed by atoms with Gasteiger partial charge in [-0.3, -0.25) is 0 Å². The minimum atomic E-state index is 0.531. The Kier molecular flexibility index (Phi) is 20.1. The first-order valence-electron chi connectivity index (χ1n) is 15.1. The first-order valence-corrected chi connectivity index (χ1v) is 15.1. The summed E-state index contributed by atoms with van der Waals surface area (Å²) in [5.41, 5.74) is 0. The zero-order valence-corrected chi connectivity index (χ0v) is 22.9. The van der Waals surface area contributed by atoms with Crippen LogP contribution in [0.2, 0.25) is 0 Å². The molecule has 1 heterocycles. The summed E-state index contributed by atoms with van der Waals surface area (Å²) in [7, 11) is 0. The van der Waals surface area contributed by atoms with E-state index in [0.717, 1.165) is 18.4 Å². The summed E-state index contributed by atoms with van der Waals surface area (Å²) < 4.78 is 6.25. The van der Waals surface area contributed by atoms with Crippen molar-refractivity contribution in [3.63, 3.8) is 0 Å². The van der Waals surface area contributed by atoms with Crippen LogP contribution in [-0.4, -0.2) is 37.2 Å². The van der Waals surface area contributed by atoms with Crippen molar-refractivity contribution in [1.29, 1.82) is 0 Å². The third-order valence-corrected chi connectivity index (χ3v) is 7.96. The summed E-state index contributed by atoms with van der Waals surface area (Å²) in [4.78, 5) is 2.71. The first kappa shape index (κ1) is 30.0. The van der Waals surface area contributed by atoms with Gasteiger partial charge < -0.3 is 9.64 Å². The number of nitrogens with zero attached hydrogens (tertiary/aromatic N) is 1. The summed E-state index contributed by atoms with van der Waals surface area (Å²) in [5.74, 6) is 1.93. The summed E-state index contributed by atoms with van der Waals surface area (Å²) in [6.45, 7) is 14.2. The van der Waals surface area contributed by atoms with Crippen LogP contribution in [0.4, 0.5) is 0 Å². The van der Waals surface area contributed by atoms with Gasteiger partial charge in [-0.25, -0.2) is 0 Å². The lowest BCUT2D eigenvalue weighted by atomic mass is 9.90. The summed E-state index contributed by atoms with van der Waals surface area (Å²) in [6, 6.07) is 0. The maximum atomic E-state index is 6.25. The number of piperidine rings is 1. The Bertz CT molecular complexity index is 377. The van der Waals surface area contributed by atoms with E-state index < -0.39 is 0 Å². The van der Waals surface area contributed by atoms with Gasteiger partial charge in [0.2, 0.25) is 0 Å². The molecule has 32 heavy (non-hydrogen) atoms. The SMILES string of the molecule is CCCCCCC(CCCC)CCCCN1CCC(OCCCC(CC)CCCC)CC1. The molecule has 1 aliphatic heterocycles. The highest BCUT2D eigenvalue weighted by Gasteiger charge is 2.19. The highest BCUT2D eigenvalue weighted by atomic mass is 16.5. The van der Waals surface area contributed by atoms with E-state index in [2.05, 4.69) is 32.6 Å². The average Bonchev–Trinajstić information content (AvgIpc) is 2.82. The molecular weight excluding hydrogens is 390 g/mol. The van der Waals surface area contributed by atoms with Crippen LogP contribution in [0.3, 0.4) is 0 Å². The molecule has 0 bridgehead atoms. The van der Waals surface area contributed by atoms with Gasteiger partial charge >= 0.3 is 0 Å². The third-order valence-electron chi connectivity index (χ3n) is 7.96. The zero-order valence-electron chi connectivity index (χ0n) is 22.9. The van der Waals surface area contributed by atoms with E-state index in [1.165, 1.54) is 142 Å². The number of ether oxygens (including phenoxy) is 1. The normalized spacial score (nSPS) is 17.6. The molecule has 192 valence electrons. The molecule has 0 aromatic rings. The molecule has 1 aliphatic rings. The highest BCUT2D eigenvalue weighted by Crippen LogP contribution is 2.24. The number of hydrogen-bond acceptors (Lipinski definition) is 2. The van der Waals surface area contributed by atoms with E-state index in [-0.39, 0.29) is 0 Å². The largest absolute Gasteiger partial charge is 0.378 e. The molecule has 0 aliphatic carbocycles. The van der Waals surface area contributed by atoms with Gasteiger partial charge in [-0.05, 0) is 50.5 Å². The van der Waals surface area contributed by atoms with Crippen molar-refractivity contribution in [2.75, 3.05) is 26.2 Å². The van der Waals surface area contributed by atoms with Gasteiger partial charge in [-0.1, -0.05) is 118 Å². The van der Waals surface area contributed by atoms with Crippen LogP contribution < -0.4 is 0 Å². The summed E-state index contributed by atoms with van der Waals surface area (Å²) in [5, 5.41) is 0. The van der Waals surface area contributed by atoms with E-state index in [4.69, 9.17) is 4.74 Å². The van der Waals surface area contributed by atoms with Crippen LogP contribution in [0.5, 0.6) is 0 Å². The fourth-order valence-corrected chi connectivity index (χ4v) is 5.52. The number of rotatable bonds is 22. The lowest BCUT2D eigenvalue weighted by Gasteiger charge is -2.32. The quantitative estimate of drug-likeness (QED) is 0.152. The zero-order chi connectivity index (χ0) is 23.3. The van der Waals surface area contributed by atoms with Gasteiger partial charge in [0, 0.05) is 19.7 Å². The standard InChI is InChI=1S/C30H61NO/c1-5-9-12-13-19-29(18-11-7-3)20-14-15-24-31-25-22-30(23-26-31)32-27-16-21-28(8-4)17-10-6-2/h28-30H,5-27H2,1-4H3. The molecule has 1 saturated heterocycles. The predicted octanol–water partition coefficient (Wildman–Crippen LogP) is 9.41. The predicted molar refractivity (Wildman–Crippen MR) is 144 cm³/mol. The van der Waals surface area contributed by atoms with Gasteiger partial charge in [0.05, 0.1) is 6.10 Å². The maximum absolute atomic E-state index is 6.25. The van der Waals surface area contributed by atoms with Crippen LogP contribution in [0.1, 0.15) is 150 Å². The second-order valence-electron chi connectivity index (χ2n) is 10.8. The molecule has 2 unspecified atom stereocenters. The molecule has 0 amide bonds. The second kappa shape index (κ2) is 21.5. The van der Waals surface area contributed by atoms with Crippen molar-refractivity contribution in [2.45, 2.75) is 156 Å². The fourth-order valence-electron chi connectivity index (χ4n) is 5.52. The van der Waals surface area contributed by atoms with Gasteiger partial charge in [0.25, 0.3) is 0 Å². The van der Waals surface area contributed by atoms with Crippen LogP contribution in [0, 0.1) is 11.8 Å². The van der Waals surface area contributed by atoms with E-state index >= 15 is 0 Å². The maximum Gasteiger partial charge on any atom is 0.0599 e. The minimum absolute atomic E-state index is 0.531. The van der Waals surface area contributed by atoms with Crippen molar-refractivity contribution in [3.8, 4) is 0 Å². The number of hydrogen-bond donors (Lipinski definition) is 0. The number of likely N-dealkylation sites (tertiary alicyclic amines) is 1. The third kappa shape index (κ3) is 15.7. The molecule has 1 rings (SSSR count). The molecule has 0 N–H and O–H groups in total. The van der Waals surface area contributed by atoms with Crippen LogP contribution >= 0.6 is 0 Å². The molecule has 0 saturated carbocycles. The Morgan fingerprint density at radius 3 is 1.81 bits per heavy atom. The minimum Gasteiger partial charge on any atom is -0.378 e. The molecule has 0 aromatic heterocycles. The van der Waals surface area contributed by atoms with Gasteiger partial charge in [0.15, 0.2) is 0 Å². The van der Waals surface area contributed by atoms with Crippen molar-refractivity contribution >= 4 is 0 Å². The summed E-state index contributed by atoms with van der Waals surface area (Å²) in [6.07, 6.45) is 27.0. The lowest BCUT2D eigenvalue weighted by Crippen LogP contribution is -2.37. The lowest BCUT2D eigenvalue weighted by molar-refractivity contribution is 0.00441. The molecule has 2 nitrogen and oxygen atoms in total. The van der Waals surface area contributed by atoms with Crippen LogP contribution in [0.25, 0.3) is 0 Å². The molecule has 2 atom stereocenters. The van der Waals surface area contributed by atoms with Crippen molar-refractivity contribution < 1.29 is 4.74 Å².